The zero-order valence-electron chi connectivity index (χ0n) is 16.5. The van der Waals surface area contributed by atoms with E-state index >= 15 is 0 Å². The van der Waals surface area contributed by atoms with Gasteiger partial charge in [-0.25, -0.2) is 4.79 Å². The molecule has 0 radical (unpaired) electrons. The first-order valence-corrected chi connectivity index (χ1v) is 9.96. The summed E-state index contributed by atoms with van der Waals surface area (Å²) in [6.07, 6.45) is 3.32. The lowest BCUT2D eigenvalue weighted by Gasteiger charge is -2.31. The standard InChI is InChI=1S/C20H27N5O3/c1-21-15-9-11-23(12-10-15)13-14-5-3-6-16-19(14)22(2)20(28)24(16)25-17(26)7-4-8-18(25)27/h3,5-6,15,21H,4,7-13H2,1-2H3. The summed E-state index contributed by atoms with van der Waals surface area (Å²) in [6, 6.07) is 6.29. The highest BCUT2D eigenvalue weighted by Crippen LogP contribution is 2.23. The molecule has 0 bridgehead atoms. The van der Waals surface area contributed by atoms with Gasteiger partial charge in [-0.05, 0) is 51.0 Å². The van der Waals surface area contributed by atoms with Crippen LogP contribution in [0.15, 0.2) is 23.0 Å². The number of carbonyl (C=O) groups is 2. The van der Waals surface area contributed by atoms with Crippen LogP contribution < -0.4 is 16.0 Å². The van der Waals surface area contributed by atoms with Gasteiger partial charge in [0.15, 0.2) is 0 Å². The third kappa shape index (κ3) is 3.16. The number of hydrogen-bond donors (Lipinski definition) is 1. The first kappa shape index (κ1) is 18.9. The molecule has 1 aromatic carbocycles. The summed E-state index contributed by atoms with van der Waals surface area (Å²) in [4.78, 5) is 40.1. The number of rotatable bonds is 4. The van der Waals surface area contributed by atoms with Gasteiger partial charge in [0.25, 0.3) is 0 Å². The van der Waals surface area contributed by atoms with Crippen LogP contribution in [0.1, 0.15) is 37.7 Å². The van der Waals surface area contributed by atoms with Crippen LogP contribution in [0.5, 0.6) is 0 Å². The number of imidazole rings is 1. The van der Waals surface area contributed by atoms with Gasteiger partial charge >= 0.3 is 5.69 Å². The van der Waals surface area contributed by atoms with Crippen molar-refractivity contribution in [1.29, 1.82) is 0 Å². The second-order valence-corrected chi connectivity index (χ2v) is 7.73. The molecule has 28 heavy (non-hydrogen) atoms. The Morgan fingerprint density at radius 3 is 2.39 bits per heavy atom. The fraction of sp³-hybridized carbons (Fsp3) is 0.550. The first-order valence-electron chi connectivity index (χ1n) is 9.96. The van der Waals surface area contributed by atoms with Crippen LogP contribution in [-0.4, -0.2) is 52.1 Å². The Balaban J connectivity index is 1.72. The number of carbonyl (C=O) groups excluding carboxylic acids is 2. The fourth-order valence-corrected chi connectivity index (χ4v) is 4.38. The van der Waals surface area contributed by atoms with E-state index in [0.29, 0.717) is 18.0 Å². The number of fused-ring (bicyclic) bond motifs is 1. The van der Waals surface area contributed by atoms with E-state index in [1.165, 1.54) is 4.68 Å². The van der Waals surface area contributed by atoms with Crippen molar-refractivity contribution in [3.05, 3.63) is 34.2 Å². The maximum Gasteiger partial charge on any atom is 0.348 e. The Bertz CT molecular complexity index is 952. The molecule has 8 heteroatoms. The Morgan fingerprint density at radius 1 is 1.07 bits per heavy atom. The molecule has 0 unspecified atom stereocenters. The van der Waals surface area contributed by atoms with E-state index in [4.69, 9.17) is 0 Å². The largest absolute Gasteiger partial charge is 0.348 e. The van der Waals surface area contributed by atoms with Gasteiger partial charge < -0.3 is 5.32 Å². The normalized spacial score (nSPS) is 19.7. The first-order chi connectivity index (χ1) is 13.5. The van der Waals surface area contributed by atoms with Crippen molar-refractivity contribution in [1.82, 2.24) is 19.5 Å². The Hall–Kier alpha value is -2.45. The van der Waals surface area contributed by atoms with Crippen LogP contribution in [-0.2, 0) is 23.2 Å². The van der Waals surface area contributed by atoms with Gasteiger partial charge in [-0.1, -0.05) is 12.1 Å². The molecule has 8 nitrogen and oxygen atoms in total. The monoisotopic (exact) mass is 385 g/mol. The van der Waals surface area contributed by atoms with Crippen molar-refractivity contribution >= 4 is 22.8 Å². The minimum absolute atomic E-state index is 0.286. The molecular formula is C20H27N5O3. The summed E-state index contributed by atoms with van der Waals surface area (Å²) >= 11 is 0. The third-order valence-electron chi connectivity index (χ3n) is 5.97. The maximum atomic E-state index is 13.0. The SMILES string of the molecule is CNC1CCN(Cc2cccc3c2n(C)c(=O)n3N2C(=O)CCCC2=O)CC1. The van der Waals surface area contributed by atoms with Crippen LogP contribution in [0.4, 0.5) is 0 Å². The van der Waals surface area contributed by atoms with Crippen molar-refractivity contribution in [2.24, 2.45) is 7.05 Å². The molecule has 0 atom stereocenters. The topological polar surface area (TPSA) is 79.6 Å². The van der Waals surface area contributed by atoms with Gasteiger partial charge in [-0.2, -0.15) is 9.69 Å². The van der Waals surface area contributed by atoms with E-state index in [9.17, 15) is 14.4 Å². The van der Waals surface area contributed by atoms with Crippen molar-refractivity contribution < 1.29 is 9.59 Å². The zero-order chi connectivity index (χ0) is 19.8. The number of hydrogen-bond acceptors (Lipinski definition) is 5. The smallest absolute Gasteiger partial charge is 0.317 e. The average molecular weight is 385 g/mol. The van der Waals surface area contributed by atoms with E-state index in [-0.39, 0.29) is 30.3 Å². The molecule has 2 aliphatic rings. The summed E-state index contributed by atoms with van der Waals surface area (Å²) in [5, 5.41) is 4.38. The number of nitrogens with one attached hydrogen (secondary N) is 1. The molecule has 2 saturated heterocycles. The molecule has 2 fully saturated rings. The Morgan fingerprint density at radius 2 is 1.75 bits per heavy atom. The molecule has 3 heterocycles. The van der Waals surface area contributed by atoms with Gasteiger partial charge in [-0.15, -0.1) is 0 Å². The molecule has 0 spiro atoms. The minimum atomic E-state index is -0.361. The summed E-state index contributed by atoms with van der Waals surface area (Å²) in [7, 11) is 3.71. The summed E-state index contributed by atoms with van der Waals surface area (Å²) in [6.45, 7) is 2.74. The minimum Gasteiger partial charge on any atom is -0.317 e. The summed E-state index contributed by atoms with van der Waals surface area (Å²) in [5.74, 6) is -0.629. The summed E-state index contributed by atoms with van der Waals surface area (Å²) in [5.41, 5.74) is 2.07. The van der Waals surface area contributed by atoms with E-state index in [1.807, 2.05) is 25.2 Å². The third-order valence-corrected chi connectivity index (χ3v) is 5.97. The zero-order valence-corrected chi connectivity index (χ0v) is 16.5. The lowest BCUT2D eigenvalue weighted by molar-refractivity contribution is -0.131. The van der Waals surface area contributed by atoms with E-state index < -0.39 is 0 Å². The highest BCUT2D eigenvalue weighted by molar-refractivity contribution is 6.11. The molecule has 2 aliphatic heterocycles. The van der Waals surface area contributed by atoms with Crippen molar-refractivity contribution in [2.45, 2.75) is 44.7 Å². The second kappa shape index (κ2) is 7.52. The number of imide groups is 1. The van der Waals surface area contributed by atoms with Gasteiger partial charge in [0.05, 0.1) is 11.0 Å². The highest BCUT2D eigenvalue weighted by atomic mass is 16.2. The number of aromatic nitrogens is 2. The van der Waals surface area contributed by atoms with Gasteiger partial charge in [0, 0.05) is 32.5 Å². The molecule has 2 amide bonds. The van der Waals surface area contributed by atoms with Crippen LogP contribution in [0, 0.1) is 0 Å². The molecule has 1 N–H and O–H groups in total. The van der Waals surface area contributed by atoms with Crippen LogP contribution >= 0.6 is 0 Å². The predicted octanol–water partition coefficient (Wildman–Crippen LogP) is 0.699. The number of likely N-dealkylation sites (tertiary alicyclic amines) is 1. The molecule has 1 aromatic heterocycles. The van der Waals surface area contributed by atoms with Crippen molar-refractivity contribution in [3.63, 3.8) is 0 Å². The molecule has 0 saturated carbocycles. The average Bonchev–Trinajstić information content (AvgIpc) is 2.94. The molecule has 150 valence electrons. The molecule has 4 rings (SSSR count). The van der Waals surface area contributed by atoms with Gasteiger partial charge in [0.2, 0.25) is 11.8 Å². The number of nitrogens with zero attached hydrogens (tertiary/aromatic N) is 4. The Kier molecular flexibility index (Phi) is 5.07. The van der Waals surface area contributed by atoms with E-state index in [0.717, 1.165) is 48.6 Å². The van der Waals surface area contributed by atoms with Crippen LogP contribution in [0.25, 0.3) is 11.0 Å². The number of aryl methyl sites for hydroxylation is 1. The number of amides is 2. The fourth-order valence-electron chi connectivity index (χ4n) is 4.38. The van der Waals surface area contributed by atoms with Crippen LogP contribution in [0.3, 0.4) is 0 Å². The second-order valence-electron chi connectivity index (χ2n) is 7.73. The quantitative estimate of drug-likeness (QED) is 0.784. The molecule has 0 aliphatic carbocycles. The summed E-state index contributed by atoms with van der Waals surface area (Å²) < 4.78 is 2.82. The van der Waals surface area contributed by atoms with E-state index in [2.05, 4.69) is 10.2 Å². The number of benzene rings is 1. The lowest BCUT2D eigenvalue weighted by Crippen LogP contribution is -2.52. The highest BCUT2D eigenvalue weighted by Gasteiger charge is 2.31. The van der Waals surface area contributed by atoms with Crippen molar-refractivity contribution in [2.75, 3.05) is 25.1 Å². The van der Waals surface area contributed by atoms with E-state index in [1.54, 1.807) is 11.6 Å². The van der Waals surface area contributed by atoms with Crippen molar-refractivity contribution in [3.8, 4) is 0 Å². The number of piperidine rings is 2. The van der Waals surface area contributed by atoms with Gasteiger partial charge in [-0.3, -0.25) is 19.1 Å². The molecule has 2 aromatic rings. The van der Waals surface area contributed by atoms with Crippen LogP contribution in [0.2, 0.25) is 0 Å². The maximum absolute atomic E-state index is 13.0. The number of para-hydroxylation sites is 1. The lowest BCUT2D eigenvalue weighted by atomic mass is 10.0. The Labute approximate surface area is 163 Å². The van der Waals surface area contributed by atoms with Gasteiger partial charge in [0.1, 0.15) is 0 Å². The predicted molar refractivity (Wildman–Crippen MR) is 107 cm³/mol. The molecular weight excluding hydrogens is 358 g/mol.